The molecular weight excluding hydrogens is 329 g/mol. The van der Waals surface area contributed by atoms with Gasteiger partial charge in [0, 0.05) is 17.0 Å². The van der Waals surface area contributed by atoms with Gasteiger partial charge in [0.05, 0.1) is 5.69 Å². The second-order valence-corrected chi connectivity index (χ2v) is 7.46. The molecule has 3 aromatic rings. The van der Waals surface area contributed by atoms with E-state index < -0.39 is 0 Å². The van der Waals surface area contributed by atoms with Crippen LogP contribution in [0.2, 0.25) is 0 Å². The Hall–Kier alpha value is -2.62. The van der Waals surface area contributed by atoms with Gasteiger partial charge in [-0.3, -0.25) is 0 Å². The summed E-state index contributed by atoms with van der Waals surface area (Å²) in [5.41, 5.74) is 2.69. The fourth-order valence-corrected chi connectivity index (χ4v) is 2.58. The molecule has 0 fully saturated rings. The summed E-state index contributed by atoms with van der Waals surface area (Å²) < 4.78 is 24.7. The molecule has 1 aromatic heterocycles. The molecule has 0 saturated heterocycles. The van der Waals surface area contributed by atoms with Crippen LogP contribution >= 0.6 is 0 Å². The Morgan fingerprint density at radius 3 is 2.38 bits per heavy atom. The van der Waals surface area contributed by atoms with E-state index in [9.17, 15) is 4.39 Å². The van der Waals surface area contributed by atoms with Crippen LogP contribution in [0.3, 0.4) is 0 Å². The minimum absolute atomic E-state index is 0.0253. The van der Waals surface area contributed by atoms with Gasteiger partial charge in [-0.1, -0.05) is 56.3 Å². The fraction of sp³-hybridized carbons (Fsp3) is 0.318. The summed E-state index contributed by atoms with van der Waals surface area (Å²) >= 11 is 0. The molecule has 0 aliphatic rings. The predicted molar refractivity (Wildman–Crippen MR) is 99.8 cm³/mol. The molecule has 0 aliphatic heterocycles. The molecule has 26 heavy (non-hydrogen) atoms. The number of rotatable bonds is 6. The lowest BCUT2D eigenvalue weighted by Crippen LogP contribution is -2.09. The molecule has 0 radical (unpaired) electrons. The predicted octanol–water partition coefficient (Wildman–Crippen LogP) is 5.48. The topological polar surface area (TPSA) is 35.3 Å². The maximum atomic E-state index is 13.6. The molecule has 0 saturated carbocycles. The largest absolute Gasteiger partial charge is 0.489 e. The van der Waals surface area contributed by atoms with Crippen molar-refractivity contribution < 1.29 is 13.7 Å². The van der Waals surface area contributed by atoms with Crippen LogP contribution in [-0.4, -0.2) is 5.16 Å². The van der Waals surface area contributed by atoms with Crippen LogP contribution in [-0.2, 0) is 24.9 Å². The zero-order chi connectivity index (χ0) is 18.6. The van der Waals surface area contributed by atoms with E-state index in [2.05, 4.69) is 25.9 Å². The Balaban J connectivity index is 1.53. The van der Waals surface area contributed by atoms with Crippen molar-refractivity contribution in [2.75, 3.05) is 0 Å². The highest BCUT2D eigenvalue weighted by Crippen LogP contribution is 2.23. The first-order chi connectivity index (χ1) is 12.4. The molecule has 3 nitrogen and oxygen atoms in total. The van der Waals surface area contributed by atoms with Gasteiger partial charge in [-0.05, 0) is 36.6 Å². The summed E-state index contributed by atoms with van der Waals surface area (Å²) in [5, 5.41) is 4.15. The average Bonchev–Trinajstić information content (AvgIpc) is 3.10. The van der Waals surface area contributed by atoms with Gasteiger partial charge in [-0.25, -0.2) is 4.39 Å². The van der Waals surface area contributed by atoms with Crippen molar-refractivity contribution in [1.82, 2.24) is 5.16 Å². The fourth-order valence-electron chi connectivity index (χ4n) is 2.58. The standard InChI is InChI=1S/C22H24FNO2/c1-22(2,3)21-14-18(24-26-21)11-8-16-9-12-19(13-10-16)25-15-17-6-4-5-7-20(17)23/h4-7,9-10,12-14H,8,11,15H2,1-3H3. The van der Waals surface area contributed by atoms with Gasteiger partial charge in [0.25, 0.3) is 0 Å². The summed E-state index contributed by atoms with van der Waals surface area (Å²) in [4.78, 5) is 0. The Bertz CT molecular complexity index is 847. The zero-order valence-electron chi connectivity index (χ0n) is 15.5. The van der Waals surface area contributed by atoms with E-state index in [4.69, 9.17) is 9.26 Å². The van der Waals surface area contributed by atoms with Crippen molar-refractivity contribution >= 4 is 0 Å². The minimum Gasteiger partial charge on any atom is -0.489 e. The summed E-state index contributed by atoms with van der Waals surface area (Å²) in [5.74, 6) is 1.39. The summed E-state index contributed by atoms with van der Waals surface area (Å²) in [6.07, 6.45) is 1.71. The van der Waals surface area contributed by atoms with E-state index in [1.807, 2.05) is 30.3 Å². The van der Waals surface area contributed by atoms with Crippen molar-refractivity contribution in [2.24, 2.45) is 0 Å². The van der Waals surface area contributed by atoms with Crippen LogP contribution < -0.4 is 4.74 Å². The average molecular weight is 353 g/mol. The lowest BCUT2D eigenvalue weighted by atomic mass is 9.93. The van der Waals surface area contributed by atoms with Crippen molar-refractivity contribution in [3.8, 4) is 5.75 Å². The van der Waals surface area contributed by atoms with Gasteiger partial charge in [0.2, 0.25) is 0 Å². The number of halogens is 1. The van der Waals surface area contributed by atoms with Gasteiger partial charge in [-0.15, -0.1) is 0 Å². The first kappa shape index (κ1) is 18.2. The Kier molecular flexibility index (Phi) is 5.40. The zero-order valence-corrected chi connectivity index (χ0v) is 15.5. The number of nitrogens with zero attached hydrogens (tertiary/aromatic N) is 1. The number of ether oxygens (including phenoxy) is 1. The normalized spacial score (nSPS) is 11.5. The Morgan fingerprint density at radius 2 is 1.73 bits per heavy atom. The third-order valence-electron chi connectivity index (χ3n) is 4.24. The number of benzene rings is 2. The molecule has 0 amide bonds. The Labute approximate surface area is 153 Å². The van der Waals surface area contributed by atoms with Crippen LogP contribution in [0.1, 0.15) is 43.4 Å². The first-order valence-electron chi connectivity index (χ1n) is 8.83. The number of aryl methyl sites for hydroxylation is 2. The molecule has 0 aliphatic carbocycles. The molecule has 2 aromatic carbocycles. The van der Waals surface area contributed by atoms with E-state index in [0.29, 0.717) is 5.56 Å². The lowest BCUT2D eigenvalue weighted by molar-refractivity contribution is 0.300. The van der Waals surface area contributed by atoms with Gasteiger partial charge >= 0.3 is 0 Å². The summed E-state index contributed by atoms with van der Waals surface area (Å²) in [6.45, 7) is 6.55. The van der Waals surface area contributed by atoms with Crippen molar-refractivity contribution in [3.63, 3.8) is 0 Å². The Morgan fingerprint density at radius 1 is 1.00 bits per heavy atom. The van der Waals surface area contributed by atoms with E-state index in [1.54, 1.807) is 18.2 Å². The van der Waals surface area contributed by atoms with Crippen LogP contribution in [0.4, 0.5) is 4.39 Å². The van der Waals surface area contributed by atoms with Gasteiger partial charge in [0.15, 0.2) is 0 Å². The molecule has 0 bridgehead atoms. The lowest BCUT2D eigenvalue weighted by Gasteiger charge is -2.12. The molecule has 0 atom stereocenters. The van der Waals surface area contributed by atoms with Crippen LogP contribution in [0, 0.1) is 5.82 Å². The van der Waals surface area contributed by atoms with Gasteiger partial charge in [0.1, 0.15) is 23.9 Å². The maximum absolute atomic E-state index is 13.6. The summed E-state index contributed by atoms with van der Waals surface area (Å²) in [6, 6.07) is 16.6. The van der Waals surface area contributed by atoms with Gasteiger partial charge < -0.3 is 9.26 Å². The van der Waals surface area contributed by atoms with Crippen molar-refractivity contribution in [3.05, 3.63) is 83.0 Å². The molecule has 3 rings (SSSR count). The second-order valence-electron chi connectivity index (χ2n) is 7.46. The van der Waals surface area contributed by atoms with E-state index >= 15 is 0 Å². The van der Waals surface area contributed by atoms with Crippen LogP contribution in [0.15, 0.2) is 59.1 Å². The second kappa shape index (κ2) is 7.73. The smallest absolute Gasteiger partial charge is 0.142 e. The molecule has 4 heteroatoms. The van der Waals surface area contributed by atoms with Crippen LogP contribution in [0.25, 0.3) is 0 Å². The van der Waals surface area contributed by atoms with Crippen LogP contribution in [0.5, 0.6) is 5.75 Å². The van der Waals surface area contributed by atoms with Gasteiger partial charge in [-0.2, -0.15) is 0 Å². The van der Waals surface area contributed by atoms with E-state index in [-0.39, 0.29) is 17.8 Å². The molecule has 1 heterocycles. The van der Waals surface area contributed by atoms with Crippen molar-refractivity contribution in [2.45, 2.75) is 45.6 Å². The molecular formula is C22H24FNO2. The highest BCUT2D eigenvalue weighted by molar-refractivity contribution is 5.28. The molecule has 0 N–H and O–H groups in total. The quantitative estimate of drug-likeness (QED) is 0.589. The minimum atomic E-state index is -0.244. The SMILES string of the molecule is CC(C)(C)c1cc(CCc2ccc(OCc3ccccc3F)cc2)no1. The number of hydrogen-bond donors (Lipinski definition) is 0. The molecule has 0 spiro atoms. The highest BCUT2D eigenvalue weighted by Gasteiger charge is 2.19. The number of aromatic nitrogens is 1. The third kappa shape index (κ3) is 4.72. The first-order valence-corrected chi connectivity index (χ1v) is 8.83. The highest BCUT2D eigenvalue weighted by atomic mass is 19.1. The summed E-state index contributed by atoms with van der Waals surface area (Å²) in [7, 11) is 0. The van der Waals surface area contributed by atoms with Crippen molar-refractivity contribution in [1.29, 1.82) is 0 Å². The molecule has 136 valence electrons. The third-order valence-corrected chi connectivity index (χ3v) is 4.24. The maximum Gasteiger partial charge on any atom is 0.142 e. The monoisotopic (exact) mass is 353 g/mol. The van der Waals surface area contributed by atoms with E-state index in [1.165, 1.54) is 11.6 Å². The van der Waals surface area contributed by atoms with E-state index in [0.717, 1.165) is 30.0 Å². The molecule has 0 unspecified atom stereocenters. The number of hydrogen-bond acceptors (Lipinski definition) is 3.